The lowest BCUT2D eigenvalue weighted by Crippen LogP contribution is -2.20. The number of nitrogens with one attached hydrogen (secondary N) is 2. The first-order valence-corrected chi connectivity index (χ1v) is 9.42. The van der Waals surface area contributed by atoms with Gasteiger partial charge in [-0.15, -0.1) is 11.3 Å². The van der Waals surface area contributed by atoms with Gasteiger partial charge in [0.15, 0.2) is 5.11 Å². The Hall–Kier alpha value is -2.45. The summed E-state index contributed by atoms with van der Waals surface area (Å²) >= 11 is 6.92. The molecule has 0 saturated carbocycles. The lowest BCUT2D eigenvalue weighted by Gasteiger charge is -2.12. The number of fused-ring (bicyclic) bond motifs is 1. The molecule has 8 heteroatoms. The van der Waals surface area contributed by atoms with Crippen molar-refractivity contribution in [3.8, 4) is 0 Å². The van der Waals surface area contributed by atoms with Crippen LogP contribution in [0.5, 0.6) is 0 Å². The van der Waals surface area contributed by atoms with Crippen LogP contribution in [0.3, 0.4) is 0 Å². The third kappa shape index (κ3) is 3.86. The van der Waals surface area contributed by atoms with Gasteiger partial charge in [0.25, 0.3) is 0 Å². The molecular formula is C18H19N3O3S2. The van der Waals surface area contributed by atoms with Crippen LogP contribution in [0.2, 0.25) is 0 Å². The number of methoxy groups -OCH3 is 1. The van der Waals surface area contributed by atoms with Crippen molar-refractivity contribution in [1.82, 2.24) is 0 Å². The second-order valence-corrected chi connectivity index (χ2v) is 7.44. The summed E-state index contributed by atoms with van der Waals surface area (Å²) in [6, 6.07) is 6.68. The molecule has 1 heterocycles. The zero-order chi connectivity index (χ0) is 18.7. The normalized spacial score (nSPS) is 12.8. The fourth-order valence-electron chi connectivity index (χ4n) is 2.96. The number of amides is 1. The predicted octanol–water partition coefficient (Wildman–Crippen LogP) is 3.32. The predicted molar refractivity (Wildman–Crippen MR) is 107 cm³/mol. The summed E-state index contributed by atoms with van der Waals surface area (Å²) < 4.78 is 4.96. The average Bonchev–Trinajstić information content (AvgIpc) is 2.99. The molecule has 1 aliphatic rings. The number of benzene rings is 1. The van der Waals surface area contributed by atoms with E-state index in [1.165, 1.54) is 12.0 Å². The molecule has 0 atom stereocenters. The molecule has 6 nitrogen and oxygen atoms in total. The molecule has 0 aliphatic heterocycles. The highest BCUT2D eigenvalue weighted by molar-refractivity contribution is 7.80. The van der Waals surface area contributed by atoms with Crippen molar-refractivity contribution in [2.24, 2.45) is 5.73 Å². The number of nitrogens with two attached hydrogens (primary N) is 1. The molecule has 2 aromatic rings. The van der Waals surface area contributed by atoms with Gasteiger partial charge in [0.05, 0.1) is 12.7 Å². The van der Waals surface area contributed by atoms with Crippen molar-refractivity contribution in [3.63, 3.8) is 0 Å². The van der Waals surface area contributed by atoms with E-state index < -0.39 is 5.91 Å². The Labute approximate surface area is 160 Å². The van der Waals surface area contributed by atoms with Gasteiger partial charge >= 0.3 is 5.97 Å². The van der Waals surface area contributed by atoms with Gasteiger partial charge in [-0.2, -0.15) is 0 Å². The standard InChI is InChI=1S/C18H19N3O3S2/c1-24-17(23)14-12-4-2-3-5-13(12)26-16(14)21-18(25)20-11-8-6-10(7-9-11)15(19)22/h6-9H,2-5H2,1H3,(H2,19,22)(H2,20,21,25). The van der Waals surface area contributed by atoms with E-state index in [-0.39, 0.29) is 5.97 Å². The van der Waals surface area contributed by atoms with Gasteiger partial charge in [0.1, 0.15) is 5.00 Å². The van der Waals surface area contributed by atoms with E-state index in [9.17, 15) is 9.59 Å². The first-order valence-electron chi connectivity index (χ1n) is 8.20. The second-order valence-electron chi connectivity index (χ2n) is 5.93. The van der Waals surface area contributed by atoms with Crippen molar-refractivity contribution < 1.29 is 14.3 Å². The summed E-state index contributed by atoms with van der Waals surface area (Å²) in [5, 5.41) is 7.22. The number of thiophene rings is 1. The third-order valence-corrected chi connectivity index (χ3v) is 5.63. The monoisotopic (exact) mass is 389 g/mol. The van der Waals surface area contributed by atoms with E-state index in [1.54, 1.807) is 35.6 Å². The van der Waals surface area contributed by atoms with E-state index >= 15 is 0 Å². The molecule has 0 fully saturated rings. The van der Waals surface area contributed by atoms with Gasteiger partial charge in [0.2, 0.25) is 5.91 Å². The zero-order valence-corrected chi connectivity index (χ0v) is 15.9. The Kier molecular flexibility index (Phi) is 5.53. The molecule has 1 aliphatic carbocycles. The number of ether oxygens (including phenoxy) is 1. The fraction of sp³-hybridized carbons (Fsp3) is 0.278. The van der Waals surface area contributed by atoms with Crippen molar-refractivity contribution in [2.75, 3.05) is 17.7 Å². The van der Waals surface area contributed by atoms with Crippen molar-refractivity contribution in [3.05, 3.63) is 45.8 Å². The summed E-state index contributed by atoms with van der Waals surface area (Å²) in [6.45, 7) is 0. The number of carbonyl (C=O) groups excluding carboxylic acids is 2. The number of primary amides is 1. The molecular weight excluding hydrogens is 370 g/mol. The lowest BCUT2D eigenvalue weighted by molar-refractivity contribution is 0.0601. The molecule has 0 bridgehead atoms. The molecule has 0 spiro atoms. The smallest absolute Gasteiger partial charge is 0.341 e. The second kappa shape index (κ2) is 7.84. The van der Waals surface area contributed by atoms with E-state index in [0.29, 0.717) is 26.9 Å². The number of thiocarbonyl (C=S) groups is 1. The number of anilines is 2. The van der Waals surface area contributed by atoms with Crippen molar-refractivity contribution in [2.45, 2.75) is 25.7 Å². The summed E-state index contributed by atoms with van der Waals surface area (Å²) in [6.07, 6.45) is 4.05. The van der Waals surface area contributed by atoms with Crippen LogP contribution >= 0.6 is 23.6 Å². The summed E-state index contributed by atoms with van der Waals surface area (Å²) in [4.78, 5) is 24.6. The van der Waals surface area contributed by atoms with Crippen molar-refractivity contribution in [1.29, 1.82) is 0 Å². The minimum atomic E-state index is -0.482. The topological polar surface area (TPSA) is 93.4 Å². The number of carbonyl (C=O) groups is 2. The van der Waals surface area contributed by atoms with Crippen LogP contribution in [0.4, 0.5) is 10.7 Å². The Morgan fingerprint density at radius 3 is 2.50 bits per heavy atom. The number of hydrogen-bond acceptors (Lipinski definition) is 5. The van der Waals surface area contributed by atoms with Crippen molar-refractivity contribution >= 4 is 51.2 Å². The highest BCUT2D eigenvalue weighted by atomic mass is 32.1. The van der Waals surface area contributed by atoms with Crippen LogP contribution in [0.1, 0.15) is 44.0 Å². The number of hydrogen-bond donors (Lipinski definition) is 3. The van der Waals surface area contributed by atoms with E-state index in [4.69, 9.17) is 22.7 Å². The zero-order valence-electron chi connectivity index (χ0n) is 14.3. The molecule has 0 saturated heterocycles. The molecule has 1 aromatic heterocycles. The molecule has 0 unspecified atom stereocenters. The maximum atomic E-state index is 12.2. The fourth-order valence-corrected chi connectivity index (χ4v) is 4.52. The van der Waals surface area contributed by atoms with Gasteiger partial charge in [-0.25, -0.2) is 4.79 Å². The number of esters is 1. The van der Waals surface area contributed by atoms with Gasteiger partial charge in [-0.1, -0.05) is 0 Å². The highest BCUT2D eigenvalue weighted by Gasteiger charge is 2.26. The van der Waals surface area contributed by atoms with Gasteiger partial charge in [-0.3, -0.25) is 4.79 Å². The Morgan fingerprint density at radius 1 is 1.15 bits per heavy atom. The van der Waals surface area contributed by atoms with Crippen LogP contribution in [-0.2, 0) is 17.6 Å². The summed E-state index contributed by atoms with van der Waals surface area (Å²) in [7, 11) is 1.38. The summed E-state index contributed by atoms with van der Waals surface area (Å²) in [5.74, 6) is -0.829. The van der Waals surface area contributed by atoms with Crippen LogP contribution in [-0.4, -0.2) is 24.1 Å². The van der Waals surface area contributed by atoms with Crippen LogP contribution in [0.25, 0.3) is 0 Å². The van der Waals surface area contributed by atoms with Gasteiger partial charge in [-0.05, 0) is 67.7 Å². The minimum Gasteiger partial charge on any atom is -0.465 e. The van der Waals surface area contributed by atoms with Gasteiger partial charge in [0, 0.05) is 16.1 Å². The lowest BCUT2D eigenvalue weighted by atomic mass is 9.95. The average molecular weight is 390 g/mol. The van der Waals surface area contributed by atoms with Crippen LogP contribution in [0, 0.1) is 0 Å². The van der Waals surface area contributed by atoms with E-state index in [0.717, 1.165) is 31.2 Å². The quantitative estimate of drug-likeness (QED) is 0.549. The molecule has 1 aromatic carbocycles. The largest absolute Gasteiger partial charge is 0.465 e. The van der Waals surface area contributed by atoms with Crippen LogP contribution in [0.15, 0.2) is 24.3 Å². The number of rotatable bonds is 4. The molecule has 136 valence electrons. The maximum absolute atomic E-state index is 12.2. The molecule has 26 heavy (non-hydrogen) atoms. The number of aryl methyl sites for hydroxylation is 1. The molecule has 4 N–H and O–H groups in total. The first kappa shape index (κ1) is 18.3. The molecule has 0 radical (unpaired) electrons. The van der Waals surface area contributed by atoms with Crippen LogP contribution < -0.4 is 16.4 Å². The Morgan fingerprint density at radius 2 is 1.85 bits per heavy atom. The van der Waals surface area contributed by atoms with Gasteiger partial charge < -0.3 is 21.1 Å². The third-order valence-electron chi connectivity index (χ3n) is 4.22. The molecule has 1 amide bonds. The Balaban J connectivity index is 1.77. The maximum Gasteiger partial charge on any atom is 0.341 e. The minimum absolute atomic E-state index is 0.347. The van der Waals surface area contributed by atoms with E-state index in [2.05, 4.69) is 10.6 Å². The molecule has 3 rings (SSSR count). The SMILES string of the molecule is COC(=O)c1c(NC(=S)Nc2ccc(C(N)=O)cc2)sc2c1CCCC2. The summed E-state index contributed by atoms with van der Waals surface area (Å²) in [5.41, 5.74) is 8.03. The first-order chi connectivity index (χ1) is 12.5. The van der Waals surface area contributed by atoms with E-state index in [1.807, 2.05) is 0 Å². The highest BCUT2D eigenvalue weighted by Crippen LogP contribution is 2.38. The Bertz CT molecular complexity index is 859.